The minimum absolute atomic E-state index is 0.166. The molecule has 2 aliphatic rings. The van der Waals surface area contributed by atoms with E-state index in [0.29, 0.717) is 6.61 Å². The number of ether oxygens (including phenoxy) is 2. The Bertz CT molecular complexity index is 622. The minimum atomic E-state index is 0.166. The van der Waals surface area contributed by atoms with Crippen LogP contribution in [0.25, 0.3) is 11.3 Å². The van der Waals surface area contributed by atoms with Crippen LogP contribution in [0.1, 0.15) is 18.5 Å². The van der Waals surface area contributed by atoms with Gasteiger partial charge in [-0.1, -0.05) is 5.21 Å². The lowest BCUT2D eigenvalue weighted by molar-refractivity contribution is -0.000187. The number of hydrogen-bond acceptors (Lipinski definition) is 6. The molecule has 0 aromatic carbocycles. The molecule has 0 spiro atoms. The lowest BCUT2D eigenvalue weighted by Gasteiger charge is -2.26. The van der Waals surface area contributed by atoms with Crippen LogP contribution in [0.3, 0.4) is 0 Å². The Morgan fingerprint density at radius 3 is 3.04 bits per heavy atom. The van der Waals surface area contributed by atoms with Gasteiger partial charge in [-0.05, 0) is 36.8 Å². The van der Waals surface area contributed by atoms with Gasteiger partial charge in [0.25, 0.3) is 0 Å². The number of fused-ring (bicyclic) bond motifs is 1. The van der Waals surface area contributed by atoms with Gasteiger partial charge in [0.15, 0.2) is 0 Å². The van der Waals surface area contributed by atoms with Crippen molar-refractivity contribution in [2.45, 2.75) is 32.1 Å². The molecule has 2 aliphatic heterocycles. The third-order valence-electron chi connectivity index (χ3n) is 4.61. The van der Waals surface area contributed by atoms with Gasteiger partial charge in [0, 0.05) is 30.7 Å². The number of hydrogen-bond donors (Lipinski definition) is 1. The van der Waals surface area contributed by atoms with Crippen molar-refractivity contribution in [3.05, 3.63) is 22.5 Å². The van der Waals surface area contributed by atoms with E-state index in [2.05, 4.69) is 32.5 Å². The molecule has 4 rings (SSSR count). The topological polar surface area (TPSA) is 61.2 Å². The van der Waals surface area contributed by atoms with Crippen molar-refractivity contribution in [2.24, 2.45) is 5.92 Å². The Labute approximate surface area is 139 Å². The molecule has 124 valence electrons. The molecular formula is C16H22N4O2S. The van der Waals surface area contributed by atoms with Gasteiger partial charge in [0.1, 0.15) is 5.69 Å². The molecule has 1 saturated heterocycles. The molecule has 0 saturated carbocycles. The second-order valence-electron chi connectivity index (χ2n) is 6.23. The summed E-state index contributed by atoms with van der Waals surface area (Å²) in [6, 6.07) is 2.08. The van der Waals surface area contributed by atoms with Crippen LogP contribution in [0.2, 0.25) is 0 Å². The molecule has 2 aromatic rings. The van der Waals surface area contributed by atoms with Gasteiger partial charge in [0.05, 0.1) is 24.9 Å². The zero-order valence-electron chi connectivity index (χ0n) is 13.1. The van der Waals surface area contributed by atoms with Crippen LogP contribution in [-0.4, -0.2) is 47.4 Å². The van der Waals surface area contributed by atoms with Gasteiger partial charge >= 0.3 is 0 Å². The summed E-state index contributed by atoms with van der Waals surface area (Å²) >= 11 is 1.68. The number of aromatic nitrogens is 3. The van der Waals surface area contributed by atoms with Crippen LogP contribution >= 0.6 is 11.3 Å². The van der Waals surface area contributed by atoms with Gasteiger partial charge in [-0.25, -0.2) is 4.68 Å². The number of nitrogens with zero attached hydrogens (tertiary/aromatic N) is 3. The number of nitrogens with one attached hydrogen (secondary N) is 1. The molecule has 7 heteroatoms. The van der Waals surface area contributed by atoms with E-state index in [1.807, 2.05) is 4.68 Å². The van der Waals surface area contributed by atoms with E-state index in [1.54, 1.807) is 11.3 Å². The Morgan fingerprint density at radius 1 is 1.30 bits per heavy atom. The average molecular weight is 334 g/mol. The molecule has 23 heavy (non-hydrogen) atoms. The Morgan fingerprint density at radius 2 is 2.22 bits per heavy atom. The maximum Gasteiger partial charge on any atom is 0.119 e. The molecule has 0 amide bonds. The van der Waals surface area contributed by atoms with Crippen LogP contribution in [0, 0.1) is 5.92 Å². The van der Waals surface area contributed by atoms with Crippen LogP contribution in [-0.2, 0) is 22.6 Å². The van der Waals surface area contributed by atoms with E-state index in [-0.39, 0.29) is 6.10 Å². The van der Waals surface area contributed by atoms with Crippen molar-refractivity contribution in [3.8, 4) is 11.3 Å². The maximum atomic E-state index is 6.01. The third-order valence-corrected chi connectivity index (χ3v) is 5.29. The second-order valence-corrected chi connectivity index (χ2v) is 7.01. The van der Waals surface area contributed by atoms with Crippen LogP contribution in [0.4, 0.5) is 0 Å². The van der Waals surface area contributed by atoms with Gasteiger partial charge in [-0.2, -0.15) is 11.3 Å². The first kappa shape index (κ1) is 15.3. The summed E-state index contributed by atoms with van der Waals surface area (Å²) < 4.78 is 13.4. The number of thiophene rings is 1. The molecule has 4 heterocycles. The largest absolute Gasteiger partial charge is 0.381 e. The fraction of sp³-hybridized carbons (Fsp3) is 0.625. The fourth-order valence-electron chi connectivity index (χ4n) is 3.21. The summed E-state index contributed by atoms with van der Waals surface area (Å²) in [5, 5.41) is 16.4. The van der Waals surface area contributed by atoms with Crippen molar-refractivity contribution in [1.82, 2.24) is 20.3 Å². The standard InChI is InChI=1S/C16H22N4O2S/c1-4-21-5-2-12(1)7-17-8-14-9-20-15(10-22-14)16(18-19-20)13-3-6-23-11-13/h3,6,11-12,14,17H,1-2,4-5,7-10H2/t14-/m0/s1. The van der Waals surface area contributed by atoms with Crippen LogP contribution in [0.15, 0.2) is 16.8 Å². The van der Waals surface area contributed by atoms with E-state index in [0.717, 1.165) is 68.6 Å². The van der Waals surface area contributed by atoms with Gasteiger partial charge in [-0.3, -0.25) is 0 Å². The maximum absolute atomic E-state index is 6.01. The van der Waals surface area contributed by atoms with Crippen molar-refractivity contribution < 1.29 is 9.47 Å². The van der Waals surface area contributed by atoms with E-state index in [9.17, 15) is 0 Å². The quantitative estimate of drug-likeness (QED) is 0.905. The van der Waals surface area contributed by atoms with Gasteiger partial charge < -0.3 is 14.8 Å². The van der Waals surface area contributed by atoms with Crippen molar-refractivity contribution in [3.63, 3.8) is 0 Å². The zero-order valence-corrected chi connectivity index (χ0v) is 13.9. The summed E-state index contributed by atoms with van der Waals surface area (Å²) in [5.74, 6) is 0.736. The summed E-state index contributed by atoms with van der Waals surface area (Å²) in [4.78, 5) is 0. The smallest absolute Gasteiger partial charge is 0.119 e. The number of rotatable bonds is 5. The van der Waals surface area contributed by atoms with Crippen molar-refractivity contribution in [1.29, 1.82) is 0 Å². The summed E-state index contributed by atoms with van der Waals surface area (Å²) in [6.45, 7) is 5.08. The van der Waals surface area contributed by atoms with Crippen molar-refractivity contribution >= 4 is 11.3 Å². The van der Waals surface area contributed by atoms with E-state index >= 15 is 0 Å². The zero-order chi connectivity index (χ0) is 15.5. The summed E-state index contributed by atoms with van der Waals surface area (Å²) in [7, 11) is 0. The molecule has 6 nitrogen and oxygen atoms in total. The highest BCUT2D eigenvalue weighted by Gasteiger charge is 2.24. The van der Waals surface area contributed by atoms with E-state index < -0.39 is 0 Å². The molecule has 0 unspecified atom stereocenters. The molecular weight excluding hydrogens is 312 g/mol. The second kappa shape index (κ2) is 7.09. The summed E-state index contributed by atoms with van der Waals surface area (Å²) in [5.41, 5.74) is 3.18. The van der Waals surface area contributed by atoms with E-state index in [4.69, 9.17) is 9.47 Å². The fourth-order valence-corrected chi connectivity index (χ4v) is 3.85. The first-order valence-electron chi connectivity index (χ1n) is 8.25. The highest BCUT2D eigenvalue weighted by atomic mass is 32.1. The van der Waals surface area contributed by atoms with Crippen LogP contribution in [0.5, 0.6) is 0 Å². The van der Waals surface area contributed by atoms with Crippen molar-refractivity contribution in [2.75, 3.05) is 26.3 Å². The SMILES string of the molecule is c1cc(-c2nnn3c2CO[C@@H](CNCC2CCOCC2)C3)cs1. The Balaban J connectivity index is 1.31. The molecule has 1 atom stereocenters. The molecule has 0 bridgehead atoms. The third kappa shape index (κ3) is 3.47. The van der Waals surface area contributed by atoms with Gasteiger partial charge in [0.2, 0.25) is 0 Å². The first-order valence-corrected chi connectivity index (χ1v) is 9.19. The normalized spacial score (nSPS) is 22.2. The molecule has 1 fully saturated rings. The summed E-state index contributed by atoms with van der Waals surface area (Å²) in [6.07, 6.45) is 2.49. The Hall–Kier alpha value is -1.28. The predicted octanol–water partition coefficient (Wildman–Crippen LogP) is 1.92. The highest BCUT2D eigenvalue weighted by molar-refractivity contribution is 7.08. The highest BCUT2D eigenvalue weighted by Crippen LogP contribution is 2.26. The average Bonchev–Trinajstić information content (AvgIpc) is 3.24. The molecule has 0 radical (unpaired) electrons. The minimum Gasteiger partial charge on any atom is -0.381 e. The Kier molecular flexibility index (Phi) is 4.70. The van der Waals surface area contributed by atoms with E-state index in [1.165, 1.54) is 0 Å². The molecule has 1 N–H and O–H groups in total. The monoisotopic (exact) mass is 334 g/mol. The van der Waals surface area contributed by atoms with Gasteiger partial charge in [-0.15, -0.1) is 5.10 Å². The lowest BCUT2D eigenvalue weighted by Crippen LogP contribution is -2.39. The lowest BCUT2D eigenvalue weighted by atomic mass is 10.0. The molecule has 0 aliphatic carbocycles. The van der Waals surface area contributed by atoms with Crippen LogP contribution < -0.4 is 5.32 Å². The predicted molar refractivity (Wildman–Crippen MR) is 88.3 cm³/mol. The molecule has 2 aromatic heterocycles. The first-order chi connectivity index (χ1) is 11.4.